The summed E-state index contributed by atoms with van der Waals surface area (Å²) in [5.41, 5.74) is 4.25. The van der Waals surface area contributed by atoms with Crippen LogP contribution in [0.25, 0.3) is 18.2 Å². The van der Waals surface area contributed by atoms with Gasteiger partial charge in [0.05, 0.1) is 17.0 Å². The number of hydrogen-bond donors (Lipinski definition) is 5. The zero-order chi connectivity index (χ0) is 32.8. The van der Waals surface area contributed by atoms with E-state index in [0.717, 1.165) is 11.1 Å². The van der Waals surface area contributed by atoms with E-state index in [4.69, 9.17) is 14.2 Å². The Hall–Kier alpha value is -5.50. The molecular weight excluding hydrogens is 596 g/mol. The number of benzene rings is 4. The highest BCUT2D eigenvalue weighted by Gasteiger charge is 2.62. The van der Waals surface area contributed by atoms with Crippen LogP contribution in [0.5, 0.6) is 46.0 Å². The lowest BCUT2D eigenvalue weighted by Gasteiger charge is -2.55. The highest BCUT2D eigenvalue weighted by Crippen LogP contribution is 2.66. The average molecular weight is 631 g/mol. The monoisotopic (exact) mass is 630 g/mol. The van der Waals surface area contributed by atoms with Crippen molar-refractivity contribution in [3.63, 3.8) is 0 Å². The predicted octanol–water partition coefficient (Wildman–Crippen LogP) is 8.04. The molecule has 4 aliphatic rings. The van der Waals surface area contributed by atoms with Crippen LogP contribution in [-0.4, -0.2) is 31.1 Å². The third kappa shape index (κ3) is 4.50. The van der Waals surface area contributed by atoms with Crippen molar-refractivity contribution in [3.8, 4) is 46.0 Å². The molecule has 1 aliphatic carbocycles. The van der Waals surface area contributed by atoms with E-state index in [2.05, 4.69) is 13.0 Å². The van der Waals surface area contributed by atoms with Gasteiger partial charge in [0.1, 0.15) is 51.6 Å². The maximum absolute atomic E-state index is 11.6. The summed E-state index contributed by atoms with van der Waals surface area (Å²) in [4.78, 5) is 0. The average Bonchev–Trinajstić information content (AvgIpc) is 2.99. The van der Waals surface area contributed by atoms with Gasteiger partial charge in [0.15, 0.2) is 0 Å². The number of ether oxygens (including phenoxy) is 3. The molecule has 0 fully saturated rings. The van der Waals surface area contributed by atoms with E-state index < -0.39 is 11.4 Å². The second-order valence-corrected chi connectivity index (χ2v) is 13.4. The van der Waals surface area contributed by atoms with E-state index in [0.29, 0.717) is 51.5 Å². The van der Waals surface area contributed by atoms with E-state index in [9.17, 15) is 25.5 Å². The zero-order valence-corrected chi connectivity index (χ0v) is 26.1. The molecule has 4 aromatic rings. The first-order valence-corrected chi connectivity index (χ1v) is 15.6. The molecule has 3 aliphatic heterocycles. The molecule has 1 unspecified atom stereocenters. The van der Waals surface area contributed by atoms with Crippen LogP contribution in [0.15, 0.2) is 78.4 Å². The minimum absolute atomic E-state index is 0.0462. The molecule has 8 heteroatoms. The maximum atomic E-state index is 11.6. The van der Waals surface area contributed by atoms with Gasteiger partial charge >= 0.3 is 0 Å². The number of phenolic OH excluding ortho intramolecular Hbond substituents is 5. The second-order valence-electron chi connectivity index (χ2n) is 13.4. The highest BCUT2D eigenvalue weighted by atomic mass is 16.7. The summed E-state index contributed by atoms with van der Waals surface area (Å²) in [6, 6.07) is 16.4. The molecule has 47 heavy (non-hydrogen) atoms. The Kier molecular flexibility index (Phi) is 6.16. The third-order valence-electron chi connectivity index (χ3n) is 9.70. The fourth-order valence-electron chi connectivity index (χ4n) is 7.68. The summed E-state index contributed by atoms with van der Waals surface area (Å²) in [6.07, 6.45) is 10.1. The highest BCUT2D eigenvalue weighted by molar-refractivity contribution is 5.75. The van der Waals surface area contributed by atoms with Crippen molar-refractivity contribution in [2.75, 3.05) is 0 Å². The van der Waals surface area contributed by atoms with Gasteiger partial charge in [0.2, 0.25) is 0 Å². The van der Waals surface area contributed by atoms with Crippen LogP contribution >= 0.6 is 0 Å². The van der Waals surface area contributed by atoms with Gasteiger partial charge in [0, 0.05) is 35.1 Å². The normalized spacial score (nSPS) is 24.5. The Morgan fingerprint density at radius 2 is 1.53 bits per heavy atom. The lowest BCUT2D eigenvalue weighted by molar-refractivity contribution is -0.198. The van der Waals surface area contributed by atoms with E-state index in [1.54, 1.807) is 48.6 Å². The van der Waals surface area contributed by atoms with Crippen LogP contribution in [0, 0.1) is 5.92 Å². The molecule has 8 rings (SSSR count). The summed E-state index contributed by atoms with van der Waals surface area (Å²) in [5.74, 6) is -0.882. The zero-order valence-electron chi connectivity index (χ0n) is 26.1. The minimum atomic E-state index is -1.48. The Morgan fingerprint density at radius 3 is 2.34 bits per heavy atom. The summed E-state index contributed by atoms with van der Waals surface area (Å²) in [6.45, 7) is 5.95. The molecule has 4 atom stereocenters. The summed E-state index contributed by atoms with van der Waals surface area (Å²) in [5, 5.41) is 53.1. The number of rotatable bonds is 3. The maximum Gasteiger partial charge on any atom is 0.285 e. The fourth-order valence-corrected chi connectivity index (χ4v) is 7.68. The summed E-state index contributed by atoms with van der Waals surface area (Å²) < 4.78 is 20.6. The first kappa shape index (κ1) is 28.9. The van der Waals surface area contributed by atoms with Crippen molar-refractivity contribution in [1.82, 2.24) is 0 Å². The smallest absolute Gasteiger partial charge is 0.285 e. The Labute approximate surface area is 271 Å². The van der Waals surface area contributed by atoms with Gasteiger partial charge in [-0.3, -0.25) is 0 Å². The molecule has 0 saturated carbocycles. The van der Waals surface area contributed by atoms with Crippen molar-refractivity contribution >= 4 is 18.2 Å². The van der Waals surface area contributed by atoms with Crippen molar-refractivity contribution in [2.24, 2.45) is 5.92 Å². The molecular formula is C39H34O8. The molecule has 5 N–H and O–H groups in total. The summed E-state index contributed by atoms with van der Waals surface area (Å²) in [7, 11) is 0. The molecule has 0 bridgehead atoms. The van der Waals surface area contributed by atoms with Crippen molar-refractivity contribution in [2.45, 2.75) is 50.4 Å². The summed E-state index contributed by atoms with van der Waals surface area (Å²) >= 11 is 0. The van der Waals surface area contributed by atoms with Gasteiger partial charge in [-0.25, -0.2) is 0 Å². The molecule has 0 aromatic heterocycles. The predicted molar refractivity (Wildman–Crippen MR) is 177 cm³/mol. The minimum Gasteiger partial charge on any atom is -0.508 e. The van der Waals surface area contributed by atoms with Crippen LogP contribution in [0.4, 0.5) is 0 Å². The van der Waals surface area contributed by atoms with Gasteiger partial charge in [0.25, 0.3) is 5.79 Å². The standard InChI is InChI=1S/C39H34O8/c1-20-14-27-25-9-8-24(41)19-33(25)45-39(29-10-11-30(42)26-12-13-38(2,3)47-37(26)29)36(27)28(15-20)35-32(44)16-21(17-34(35)46-39)4-5-22-6-7-23(40)18-31(22)43/h4-13,15-19,27-28,36,40-44H,14H2,1-3H3/b5-4+/t27-,28-,36-,39?/m1/s1. The topological polar surface area (TPSA) is 129 Å². The molecule has 8 nitrogen and oxygen atoms in total. The first-order chi connectivity index (χ1) is 22.4. The van der Waals surface area contributed by atoms with Crippen LogP contribution in [0.1, 0.15) is 72.4 Å². The third-order valence-corrected chi connectivity index (χ3v) is 9.70. The molecule has 0 saturated heterocycles. The van der Waals surface area contributed by atoms with E-state index in [1.165, 1.54) is 12.1 Å². The second kappa shape index (κ2) is 10.00. The first-order valence-electron chi connectivity index (χ1n) is 15.6. The molecule has 0 spiro atoms. The SMILES string of the molecule is CC1=C[C@@H]2c3c(O)cc(/C=C/c4ccc(O)cc4O)cc3OC3(c4ccc(O)c5c4OC(C)(C)C=C5)Oc4cc(O)ccc4[C@@H](C1)[C@H]23. The Balaban J connectivity index is 1.36. The quantitative estimate of drug-likeness (QED) is 0.114. The van der Waals surface area contributed by atoms with Gasteiger partial charge < -0.3 is 39.7 Å². The van der Waals surface area contributed by atoms with E-state index >= 15 is 0 Å². The van der Waals surface area contributed by atoms with Gasteiger partial charge in [-0.05, 0) is 92.9 Å². The number of hydrogen-bond acceptors (Lipinski definition) is 8. The molecule has 0 amide bonds. The largest absolute Gasteiger partial charge is 0.508 e. The molecule has 238 valence electrons. The van der Waals surface area contributed by atoms with Crippen LogP contribution in [0.2, 0.25) is 0 Å². The van der Waals surface area contributed by atoms with Crippen LogP contribution < -0.4 is 14.2 Å². The van der Waals surface area contributed by atoms with Gasteiger partial charge in [-0.2, -0.15) is 0 Å². The van der Waals surface area contributed by atoms with Crippen LogP contribution in [0.3, 0.4) is 0 Å². The van der Waals surface area contributed by atoms with E-state index in [1.807, 2.05) is 38.1 Å². The number of aromatic hydroxyl groups is 5. The van der Waals surface area contributed by atoms with Gasteiger partial charge in [-0.15, -0.1) is 0 Å². The molecule has 0 radical (unpaired) electrons. The molecule has 4 aromatic carbocycles. The number of fused-ring (bicyclic) bond motifs is 5. The lowest BCUT2D eigenvalue weighted by atomic mass is 9.61. The van der Waals surface area contributed by atoms with Gasteiger partial charge in [-0.1, -0.05) is 29.9 Å². The number of allylic oxidation sites excluding steroid dienone is 2. The van der Waals surface area contributed by atoms with E-state index in [-0.39, 0.29) is 46.5 Å². The van der Waals surface area contributed by atoms with Crippen molar-refractivity contribution < 1.29 is 39.7 Å². The Bertz CT molecular complexity index is 2070. The Morgan fingerprint density at radius 1 is 0.766 bits per heavy atom. The van der Waals surface area contributed by atoms with Crippen molar-refractivity contribution in [1.29, 1.82) is 0 Å². The van der Waals surface area contributed by atoms with Crippen LogP contribution in [-0.2, 0) is 5.79 Å². The fraction of sp³-hybridized carbons (Fsp3) is 0.231. The molecule has 3 heterocycles. The van der Waals surface area contributed by atoms with Crippen molar-refractivity contribution in [3.05, 3.63) is 112 Å². The lowest BCUT2D eigenvalue weighted by Crippen LogP contribution is -2.56. The number of phenols is 5.